The van der Waals surface area contributed by atoms with Crippen LogP contribution in [0.2, 0.25) is 0 Å². The third-order valence-corrected chi connectivity index (χ3v) is 4.01. The average molecular weight is 298 g/mol. The second-order valence-corrected chi connectivity index (χ2v) is 5.39. The number of hydrogen-bond donors (Lipinski definition) is 1. The molecule has 4 nitrogen and oxygen atoms in total. The first-order chi connectivity index (χ1) is 9.67. The summed E-state index contributed by atoms with van der Waals surface area (Å²) in [5, 5.41) is 9.92. The standard InChI is InChI=1S/C15H20ClNO3/c1-20-12-6-7-14(18)13(10-12)15(19)17(9-3-8-16)11-4-2-5-11/h6-7,10-11,18H,2-5,8-9H2,1H3. The zero-order valence-electron chi connectivity index (χ0n) is 11.6. The van der Waals surface area contributed by atoms with Crippen molar-refractivity contribution in [2.45, 2.75) is 31.7 Å². The molecule has 1 fully saturated rings. The van der Waals surface area contributed by atoms with Gasteiger partial charge in [-0.05, 0) is 43.9 Å². The maximum Gasteiger partial charge on any atom is 0.257 e. The second-order valence-electron chi connectivity index (χ2n) is 5.01. The first-order valence-electron chi connectivity index (χ1n) is 6.91. The van der Waals surface area contributed by atoms with Crippen LogP contribution >= 0.6 is 11.6 Å². The fourth-order valence-corrected chi connectivity index (χ4v) is 2.47. The topological polar surface area (TPSA) is 49.8 Å². The first-order valence-corrected chi connectivity index (χ1v) is 7.44. The van der Waals surface area contributed by atoms with Gasteiger partial charge in [-0.1, -0.05) is 0 Å². The van der Waals surface area contributed by atoms with Crippen LogP contribution in [-0.4, -0.2) is 41.5 Å². The van der Waals surface area contributed by atoms with E-state index in [1.54, 1.807) is 12.1 Å². The molecule has 1 aromatic rings. The second kappa shape index (κ2) is 6.84. The van der Waals surface area contributed by atoms with Crippen molar-refractivity contribution in [1.82, 2.24) is 4.90 Å². The summed E-state index contributed by atoms with van der Waals surface area (Å²) in [6, 6.07) is 4.99. The Morgan fingerprint density at radius 3 is 2.80 bits per heavy atom. The number of carbonyl (C=O) groups excluding carboxylic acids is 1. The molecule has 0 spiro atoms. The molecule has 20 heavy (non-hydrogen) atoms. The largest absolute Gasteiger partial charge is 0.507 e. The summed E-state index contributed by atoms with van der Waals surface area (Å²) < 4.78 is 5.12. The van der Waals surface area contributed by atoms with Crippen LogP contribution in [0.3, 0.4) is 0 Å². The molecule has 0 bridgehead atoms. The first kappa shape index (κ1) is 15.0. The van der Waals surface area contributed by atoms with Gasteiger partial charge in [-0.3, -0.25) is 4.79 Å². The van der Waals surface area contributed by atoms with Crippen LogP contribution in [-0.2, 0) is 0 Å². The van der Waals surface area contributed by atoms with E-state index in [2.05, 4.69) is 0 Å². The molecule has 1 aromatic carbocycles. The molecule has 1 aliphatic carbocycles. The van der Waals surface area contributed by atoms with Crippen molar-refractivity contribution in [3.63, 3.8) is 0 Å². The number of phenols is 1. The highest BCUT2D eigenvalue weighted by atomic mass is 35.5. The van der Waals surface area contributed by atoms with Crippen molar-refractivity contribution in [2.24, 2.45) is 0 Å². The van der Waals surface area contributed by atoms with E-state index in [1.807, 2.05) is 4.90 Å². The highest BCUT2D eigenvalue weighted by molar-refractivity contribution is 6.17. The predicted molar refractivity (Wildman–Crippen MR) is 78.7 cm³/mol. The van der Waals surface area contributed by atoms with E-state index in [9.17, 15) is 9.90 Å². The molecule has 1 saturated carbocycles. The lowest BCUT2D eigenvalue weighted by Gasteiger charge is -2.37. The van der Waals surface area contributed by atoms with Gasteiger partial charge in [-0.15, -0.1) is 11.6 Å². The lowest BCUT2D eigenvalue weighted by Crippen LogP contribution is -2.44. The number of hydrogen-bond acceptors (Lipinski definition) is 3. The monoisotopic (exact) mass is 297 g/mol. The molecule has 1 aliphatic rings. The zero-order chi connectivity index (χ0) is 14.5. The molecule has 110 valence electrons. The Hall–Kier alpha value is -1.42. The number of ether oxygens (including phenoxy) is 1. The van der Waals surface area contributed by atoms with Crippen LogP contribution in [0.1, 0.15) is 36.0 Å². The van der Waals surface area contributed by atoms with Crippen molar-refractivity contribution in [3.05, 3.63) is 23.8 Å². The molecule has 5 heteroatoms. The van der Waals surface area contributed by atoms with Crippen LogP contribution < -0.4 is 4.74 Å². The Morgan fingerprint density at radius 1 is 1.50 bits per heavy atom. The molecular weight excluding hydrogens is 278 g/mol. The summed E-state index contributed by atoms with van der Waals surface area (Å²) >= 11 is 5.73. The maximum absolute atomic E-state index is 12.6. The van der Waals surface area contributed by atoms with Gasteiger partial charge in [0, 0.05) is 18.5 Å². The van der Waals surface area contributed by atoms with Crippen molar-refractivity contribution < 1.29 is 14.6 Å². The Labute approximate surface area is 124 Å². The van der Waals surface area contributed by atoms with Gasteiger partial charge in [-0.2, -0.15) is 0 Å². The van der Waals surface area contributed by atoms with Gasteiger partial charge in [0.05, 0.1) is 12.7 Å². The number of phenolic OH excluding ortho intramolecular Hbond substituents is 1. The van der Waals surface area contributed by atoms with Gasteiger partial charge in [0.15, 0.2) is 0 Å². The Kier molecular flexibility index (Phi) is 5.12. The molecule has 0 aromatic heterocycles. The number of alkyl halides is 1. The maximum atomic E-state index is 12.6. The summed E-state index contributed by atoms with van der Waals surface area (Å²) in [4.78, 5) is 14.5. The number of nitrogens with zero attached hydrogens (tertiary/aromatic N) is 1. The third-order valence-electron chi connectivity index (χ3n) is 3.74. The molecule has 0 atom stereocenters. The van der Waals surface area contributed by atoms with E-state index in [4.69, 9.17) is 16.3 Å². The quantitative estimate of drug-likeness (QED) is 0.821. The molecule has 0 unspecified atom stereocenters. The Morgan fingerprint density at radius 2 is 2.25 bits per heavy atom. The van der Waals surface area contributed by atoms with Crippen molar-refractivity contribution in [1.29, 1.82) is 0 Å². The number of aromatic hydroxyl groups is 1. The fourth-order valence-electron chi connectivity index (χ4n) is 2.35. The van der Waals surface area contributed by atoms with Crippen LogP contribution in [0.4, 0.5) is 0 Å². The minimum Gasteiger partial charge on any atom is -0.507 e. The van der Waals surface area contributed by atoms with Gasteiger partial charge < -0.3 is 14.7 Å². The molecule has 0 aliphatic heterocycles. The SMILES string of the molecule is COc1ccc(O)c(C(=O)N(CCCCl)C2CCC2)c1. The normalized spacial score (nSPS) is 14.7. The average Bonchev–Trinajstić information content (AvgIpc) is 2.41. The van der Waals surface area contributed by atoms with Crippen LogP contribution in [0.25, 0.3) is 0 Å². The fraction of sp³-hybridized carbons (Fsp3) is 0.533. The van der Waals surface area contributed by atoms with E-state index in [0.717, 1.165) is 25.7 Å². The molecule has 0 saturated heterocycles. The number of amides is 1. The summed E-state index contributed by atoms with van der Waals surface area (Å²) in [6.45, 7) is 0.629. The number of halogens is 1. The highest BCUT2D eigenvalue weighted by Gasteiger charge is 2.30. The summed E-state index contributed by atoms with van der Waals surface area (Å²) in [5.74, 6) is 0.944. The minimum atomic E-state index is -0.142. The van der Waals surface area contributed by atoms with Crippen molar-refractivity contribution in [3.8, 4) is 11.5 Å². The number of carbonyl (C=O) groups is 1. The van der Waals surface area contributed by atoms with E-state index in [0.29, 0.717) is 23.7 Å². The lowest BCUT2D eigenvalue weighted by atomic mass is 9.90. The molecule has 0 radical (unpaired) electrons. The molecule has 1 amide bonds. The van der Waals surface area contributed by atoms with Crippen molar-refractivity contribution in [2.75, 3.05) is 19.5 Å². The summed E-state index contributed by atoms with van der Waals surface area (Å²) in [6.07, 6.45) is 3.96. The van der Waals surface area contributed by atoms with Crippen LogP contribution in [0.15, 0.2) is 18.2 Å². The smallest absolute Gasteiger partial charge is 0.257 e. The van der Waals surface area contributed by atoms with Crippen LogP contribution in [0.5, 0.6) is 11.5 Å². The van der Waals surface area contributed by atoms with E-state index in [-0.39, 0.29) is 17.7 Å². The molecular formula is C15H20ClNO3. The molecule has 1 N–H and O–H groups in total. The summed E-state index contributed by atoms with van der Waals surface area (Å²) in [5.41, 5.74) is 0.297. The van der Waals surface area contributed by atoms with Gasteiger partial charge >= 0.3 is 0 Å². The van der Waals surface area contributed by atoms with Crippen molar-refractivity contribution >= 4 is 17.5 Å². The van der Waals surface area contributed by atoms with Gasteiger partial charge in [-0.25, -0.2) is 0 Å². The number of rotatable bonds is 6. The number of benzene rings is 1. The Balaban J connectivity index is 2.21. The zero-order valence-corrected chi connectivity index (χ0v) is 12.4. The van der Waals surface area contributed by atoms with E-state index in [1.165, 1.54) is 13.2 Å². The van der Waals surface area contributed by atoms with Gasteiger partial charge in [0.1, 0.15) is 11.5 Å². The highest BCUT2D eigenvalue weighted by Crippen LogP contribution is 2.30. The Bertz CT molecular complexity index is 474. The lowest BCUT2D eigenvalue weighted by molar-refractivity contribution is 0.0577. The van der Waals surface area contributed by atoms with Gasteiger partial charge in [0.2, 0.25) is 0 Å². The van der Waals surface area contributed by atoms with Gasteiger partial charge in [0.25, 0.3) is 5.91 Å². The summed E-state index contributed by atoms with van der Waals surface area (Å²) in [7, 11) is 1.54. The third kappa shape index (κ3) is 3.18. The molecule has 0 heterocycles. The number of methoxy groups -OCH3 is 1. The molecule has 2 rings (SSSR count). The minimum absolute atomic E-state index is 0.00834. The van der Waals surface area contributed by atoms with E-state index >= 15 is 0 Å². The predicted octanol–water partition coefficient (Wildman–Crippen LogP) is 3.02. The van der Waals surface area contributed by atoms with E-state index < -0.39 is 0 Å². The van der Waals surface area contributed by atoms with Crippen LogP contribution in [0, 0.1) is 0 Å².